The number of hydrogen-bond acceptors (Lipinski definition) is 2. The topological polar surface area (TPSA) is 63.3 Å². The van der Waals surface area contributed by atoms with Gasteiger partial charge in [-0.05, 0) is 18.8 Å². The molecule has 0 aromatic carbocycles. The quantitative estimate of drug-likeness (QED) is 0.617. The first-order valence-corrected chi connectivity index (χ1v) is 4.67. The van der Waals surface area contributed by atoms with Gasteiger partial charge in [0.2, 0.25) is 0 Å². The second-order valence-electron chi connectivity index (χ2n) is 3.66. The van der Waals surface area contributed by atoms with Crippen molar-refractivity contribution in [3.05, 3.63) is 0 Å². The fourth-order valence-corrected chi connectivity index (χ4v) is 1.89. The van der Waals surface area contributed by atoms with Gasteiger partial charge in [0.15, 0.2) is 0 Å². The third-order valence-corrected chi connectivity index (χ3v) is 2.65. The van der Waals surface area contributed by atoms with E-state index in [0.717, 1.165) is 25.7 Å². The number of hydrogen-bond donors (Lipinski definition) is 2. The maximum Gasteiger partial charge on any atom is 0.303 e. The molecule has 12 heavy (non-hydrogen) atoms. The first kappa shape index (κ1) is 9.52. The van der Waals surface area contributed by atoms with Crippen LogP contribution >= 0.6 is 0 Å². The molecule has 0 unspecified atom stereocenters. The van der Waals surface area contributed by atoms with Crippen LogP contribution in [0.25, 0.3) is 0 Å². The zero-order valence-electron chi connectivity index (χ0n) is 7.33. The first-order chi connectivity index (χ1) is 5.70. The molecule has 0 amide bonds. The molecule has 1 saturated carbocycles. The average molecular weight is 171 g/mol. The van der Waals surface area contributed by atoms with Crippen molar-refractivity contribution in [1.29, 1.82) is 0 Å². The van der Waals surface area contributed by atoms with Crippen LogP contribution in [0.15, 0.2) is 0 Å². The minimum atomic E-state index is -0.711. The Labute approximate surface area is 72.9 Å². The summed E-state index contributed by atoms with van der Waals surface area (Å²) >= 11 is 0. The molecule has 0 saturated heterocycles. The molecule has 0 spiro atoms. The number of rotatable bonds is 2. The molecular formula is C9H17NO2. The molecule has 1 rings (SSSR count). The first-order valence-electron chi connectivity index (χ1n) is 4.67. The normalized spacial score (nSPS) is 31.1. The van der Waals surface area contributed by atoms with Gasteiger partial charge < -0.3 is 10.8 Å². The zero-order valence-corrected chi connectivity index (χ0v) is 7.33. The van der Waals surface area contributed by atoms with Crippen molar-refractivity contribution < 1.29 is 9.90 Å². The third-order valence-electron chi connectivity index (χ3n) is 2.65. The van der Waals surface area contributed by atoms with E-state index >= 15 is 0 Å². The number of carboxylic acids is 1. The standard InChI is InChI=1S/C9H17NO2/c10-8-5-3-1-2-4-7(8)6-9(11)12/h7-8H,1-6,10H2,(H,11,12)/t7-,8-/m1/s1. The van der Waals surface area contributed by atoms with E-state index in [0.29, 0.717) is 0 Å². The molecule has 3 heteroatoms. The lowest BCUT2D eigenvalue weighted by Crippen LogP contribution is -2.30. The number of nitrogens with two attached hydrogens (primary N) is 1. The van der Waals surface area contributed by atoms with Gasteiger partial charge in [-0.15, -0.1) is 0 Å². The van der Waals surface area contributed by atoms with Crippen molar-refractivity contribution in [2.75, 3.05) is 0 Å². The molecule has 3 N–H and O–H groups in total. The van der Waals surface area contributed by atoms with Crippen molar-refractivity contribution >= 4 is 5.97 Å². The second-order valence-corrected chi connectivity index (χ2v) is 3.66. The van der Waals surface area contributed by atoms with E-state index < -0.39 is 5.97 Å². The highest BCUT2D eigenvalue weighted by molar-refractivity contribution is 5.67. The predicted octanol–water partition coefficient (Wildman–Crippen LogP) is 1.37. The van der Waals surface area contributed by atoms with E-state index in [1.165, 1.54) is 6.42 Å². The van der Waals surface area contributed by atoms with Crippen LogP contribution in [0.3, 0.4) is 0 Å². The van der Waals surface area contributed by atoms with Gasteiger partial charge in [0.05, 0.1) is 0 Å². The van der Waals surface area contributed by atoms with Gasteiger partial charge in [0.25, 0.3) is 0 Å². The number of carbonyl (C=O) groups is 1. The Morgan fingerprint density at radius 3 is 2.67 bits per heavy atom. The summed E-state index contributed by atoms with van der Waals surface area (Å²) in [6.45, 7) is 0. The molecule has 2 atom stereocenters. The highest BCUT2D eigenvalue weighted by Crippen LogP contribution is 2.24. The second kappa shape index (κ2) is 4.45. The van der Waals surface area contributed by atoms with E-state index in [9.17, 15) is 4.79 Å². The molecule has 3 nitrogen and oxygen atoms in total. The van der Waals surface area contributed by atoms with Crippen molar-refractivity contribution in [1.82, 2.24) is 0 Å². The molecule has 0 aliphatic heterocycles. The van der Waals surface area contributed by atoms with Gasteiger partial charge in [-0.1, -0.05) is 19.3 Å². The van der Waals surface area contributed by atoms with Gasteiger partial charge in [-0.3, -0.25) is 4.79 Å². The average Bonchev–Trinajstić information content (AvgIpc) is 2.16. The highest BCUT2D eigenvalue weighted by Gasteiger charge is 2.22. The van der Waals surface area contributed by atoms with Gasteiger partial charge in [-0.25, -0.2) is 0 Å². The van der Waals surface area contributed by atoms with Crippen LogP contribution in [0.5, 0.6) is 0 Å². The maximum absolute atomic E-state index is 10.5. The molecule has 1 fully saturated rings. The van der Waals surface area contributed by atoms with E-state index in [1.54, 1.807) is 0 Å². The minimum absolute atomic E-state index is 0.114. The van der Waals surface area contributed by atoms with Crippen LogP contribution in [0, 0.1) is 5.92 Å². The van der Waals surface area contributed by atoms with Gasteiger partial charge in [0, 0.05) is 12.5 Å². The van der Waals surface area contributed by atoms with Crippen molar-refractivity contribution in [2.24, 2.45) is 11.7 Å². The van der Waals surface area contributed by atoms with Crippen LogP contribution < -0.4 is 5.73 Å². The minimum Gasteiger partial charge on any atom is -0.481 e. The largest absolute Gasteiger partial charge is 0.481 e. The van der Waals surface area contributed by atoms with E-state index in [1.807, 2.05) is 0 Å². The number of aliphatic carboxylic acids is 1. The zero-order chi connectivity index (χ0) is 8.97. The fourth-order valence-electron chi connectivity index (χ4n) is 1.89. The molecule has 0 bridgehead atoms. The lowest BCUT2D eigenvalue weighted by atomic mass is 9.92. The monoisotopic (exact) mass is 171 g/mol. The van der Waals surface area contributed by atoms with Gasteiger partial charge in [-0.2, -0.15) is 0 Å². The molecule has 0 aromatic heterocycles. The summed E-state index contributed by atoms with van der Waals surface area (Å²) in [5.41, 5.74) is 5.86. The van der Waals surface area contributed by atoms with Crippen LogP contribution in [-0.2, 0) is 4.79 Å². The lowest BCUT2D eigenvalue weighted by molar-refractivity contribution is -0.138. The van der Waals surface area contributed by atoms with Crippen molar-refractivity contribution in [3.8, 4) is 0 Å². The Bertz CT molecular complexity index is 159. The van der Waals surface area contributed by atoms with Crippen LogP contribution in [-0.4, -0.2) is 17.1 Å². The third kappa shape index (κ3) is 2.81. The Hall–Kier alpha value is -0.570. The Morgan fingerprint density at radius 2 is 2.00 bits per heavy atom. The molecule has 0 heterocycles. The molecule has 0 radical (unpaired) electrons. The predicted molar refractivity (Wildman–Crippen MR) is 46.8 cm³/mol. The van der Waals surface area contributed by atoms with Gasteiger partial charge in [0.1, 0.15) is 0 Å². The Morgan fingerprint density at radius 1 is 1.33 bits per heavy atom. The van der Waals surface area contributed by atoms with Crippen LogP contribution in [0.2, 0.25) is 0 Å². The van der Waals surface area contributed by atoms with Gasteiger partial charge >= 0.3 is 5.97 Å². The molecule has 1 aliphatic carbocycles. The summed E-state index contributed by atoms with van der Waals surface area (Å²) in [6.07, 6.45) is 5.76. The van der Waals surface area contributed by atoms with E-state index in [2.05, 4.69) is 0 Å². The van der Waals surface area contributed by atoms with E-state index in [4.69, 9.17) is 10.8 Å². The van der Waals surface area contributed by atoms with Crippen LogP contribution in [0.1, 0.15) is 38.5 Å². The Kier molecular flexibility index (Phi) is 3.53. The van der Waals surface area contributed by atoms with Crippen molar-refractivity contribution in [2.45, 2.75) is 44.6 Å². The SMILES string of the molecule is N[C@@H]1CCCCC[C@@H]1CC(=O)O. The smallest absolute Gasteiger partial charge is 0.303 e. The summed E-state index contributed by atoms with van der Waals surface area (Å²) < 4.78 is 0. The Balaban J connectivity index is 2.41. The molecule has 0 aromatic rings. The fraction of sp³-hybridized carbons (Fsp3) is 0.889. The summed E-state index contributed by atoms with van der Waals surface area (Å²) in [7, 11) is 0. The number of carboxylic acid groups (broad SMARTS) is 1. The van der Waals surface area contributed by atoms with Crippen molar-refractivity contribution in [3.63, 3.8) is 0 Å². The summed E-state index contributed by atoms with van der Waals surface area (Å²) in [5, 5.41) is 8.62. The maximum atomic E-state index is 10.5. The molecular weight excluding hydrogens is 154 g/mol. The van der Waals surface area contributed by atoms with E-state index in [-0.39, 0.29) is 18.4 Å². The summed E-state index contributed by atoms with van der Waals surface area (Å²) in [6, 6.07) is 0.114. The highest BCUT2D eigenvalue weighted by atomic mass is 16.4. The summed E-state index contributed by atoms with van der Waals surface area (Å²) in [5.74, 6) is -0.498. The van der Waals surface area contributed by atoms with Crippen LogP contribution in [0.4, 0.5) is 0 Å². The lowest BCUT2D eigenvalue weighted by Gasteiger charge is -2.18. The molecule has 70 valence electrons. The summed E-state index contributed by atoms with van der Waals surface area (Å²) in [4.78, 5) is 10.5. The molecule has 1 aliphatic rings.